The zero-order valence-corrected chi connectivity index (χ0v) is 9.17. The van der Waals surface area contributed by atoms with E-state index in [0.29, 0.717) is 0 Å². The van der Waals surface area contributed by atoms with Crippen molar-refractivity contribution >= 4 is 5.96 Å². The molecule has 0 fully saturated rings. The van der Waals surface area contributed by atoms with Gasteiger partial charge in [0.2, 0.25) is 0 Å². The number of rotatable bonds is 1. The third-order valence-electron chi connectivity index (χ3n) is 2.80. The Kier molecular flexibility index (Phi) is 2.52. The molecule has 0 aliphatic carbocycles. The maximum atomic E-state index is 12.9. The quantitative estimate of drug-likeness (QED) is 0.790. The Hall–Kier alpha value is -1.72. The minimum Gasteiger partial charge on any atom is -0.370 e. The number of nitrogens with two attached hydrogens (primary N) is 1. The van der Waals surface area contributed by atoms with E-state index in [-0.39, 0.29) is 18.1 Å². The van der Waals surface area contributed by atoms with Gasteiger partial charge in [0.25, 0.3) is 0 Å². The molecule has 1 aliphatic rings. The number of nitrogens with one attached hydrogen (secondary N) is 1. The Morgan fingerprint density at radius 3 is 2.53 bits per heavy atom. The fraction of sp³-hybridized carbons (Fsp3) is 0.364. The minimum atomic E-state index is -4.38. The third kappa shape index (κ3) is 2.07. The Bertz CT molecular complexity index is 467. The maximum Gasteiger partial charge on any atom is 0.416 e. The van der Waals surface area contributed by atoms with Crippen molar-refractivity contribution in [3.63, 3.8) is 0 Å². The van der Waals surface area contributed by atoms with Gasteiger partial charge in [0, 0.05) is 0 Å². The van der Waals surface area contributed by atoms with Gasteiger partial charge in [0.05, 0.1) is 17.6 Å². The van der Waals surface area contributed by atoms with Gasteiger partial charge in [-0.05, 0) is 18.6 Å². The molecule has 6 heteroatoms. The molecular formula is C11H12F3N3. The lowest BCUT2D eigenvalue weighted by atomic mass is 9.88. The van der Waals surface area contributed by atoms with Crippen LogP contribution in [0, 0.1) is 0 Å². The fourth-order valence-corrected chi connectivity index (χ4v) is 1.97. The highest BCUT2D eigenvalue weighted by Crippen LogP contribution is 2.37. The molecule has 17 heavy (non-hydrogen) atoms. The number of alkyl halides is 3. The van der Waals surface area contributed by atoms with Crippen LogP contribution in [0.1, 0.15) is 18.1 Å². The smallest absolute Gasteiger partial charge is 0.370 e. The van der Waals surface area contributed by atoms with Crippen molar-refractivity contribution in [1.29, 1.82) is 0 Å². The maximum absolute atomic E-state index is 12.9. The first-order valence-corrected chi connectivity index (χ1v) is 5.08. The highest BCUT2D eigenvalue weighted by Gasteiger charge is 2.41. The van der Waals surface area contributed by atoms with Crippen LogP contribution in [0.5, 0.6) is 0 Å². The summed E-state index contributed by atoms with van der Waals surface area (Å²) in [5.74, 6) is 0.171. The number of guanidine groups is 1. The number of halogens is 3. The molecule has 0 bridgehead atoms. The summed E-state index contributed by atoms with van der Waals surface area (Å²) in [6.07, 6.45) is -4.38. The Morgan fingerprint density at radius 2 is 2.00 bits per heavy atom. The van der Waals surface area contributed by atoms with Crippen molar-refractivity contribution in [2.75, 3.05) is 6.54 Å². The normalized spacial score (nSPS) is 24.4. The zero-order chi connectivity index (χ0) is 12.7. The highest BCUT2D eigenvalue weighted by atomic mass is 19.4. The van der Waals surface area contributed by atoms with E-state index in [1.807, 2.05) is 0 Å². The summed E-state index contributed by atoms with van der Waals surface area (Å²) in [6, 6.07) is 5.46. The molecule has 1 aromatic rings. The molecule has 0 aromatic heterocycles. The molecule has 2 rings (SSSR count). The summed E-state index contributed by atoms with van der Waals surface area (Å²) in [5.41, 5.74) is 4.08. The van der Waals surface area contributed by atoms with Crippen molar-refractivity contribution in [2.45, 2.75) is 18.6 Å². The van der Waals surface area contributed by atoms with Crippen LogP contribution in [0.2, 0.25) is 0 Å². The monoisotopic (exact) mass is 243 g/mol. The van der Waals surface area contributed by atoms with Gasteiger partial charge >= 0.3 is 6.18 Å². The molecule has 1 atom stereocenters. The molecular weight excluding hydrogens is 231 g/mol. The molecule has 3 nitrogen and oxygen atoms in total. The predicted octanol–water partition coefficient (Wildman–Crippen LogP) is 1.84. The summed E-state index contributed by atoms with van der Waals surface area (Å²) >= 11 is 0. The number of nitrogens with zero attached hydrogens (tertiary/aromatic N) is 1. The molecule has 0 saturated carbocycles. The molecule has 92 valence electrons. The molecule has 1 aliphatic heterocycles. The van der Waals surface area contributed by atoms with Gasteiger partial charge in [0.15, 0.2) is 5.96 Å². The van der Waals surface area contributed by atoms with Gasteiger partial charge in [-0.2, -0.15) is 13.2 Å². The topological polar surface area (TPSA) is 50.4 Å². The van der Waals surface area contributed by atoms with Gasteiger partial charge in [-0.3, -0.25) is 4.99 Å². The molecule has 1 unspecified atom stereocenters. The Balaban J connectivity index is 2.47. The lowest BCUT2D eigenvalue weighted by molar-refractivity contribution is -0.138. The molecule has 0 saturated heterocycles. The third-order valence-corrected chi connectivity index (χ3v) is 2.80. The van der Waals surface area contributed by atoms with Gasteiger partial charge in [-0.1, -0.05) is 18.2 Å². The largest absolute Gasteiger partial charge is 0.416 e. The summed E-state index contributed by atoms with van der Waals surface area (Å²) in [6.45, 7) is 1.85. The fourth-order valence-electron chi connectivity index (χ4n) is 1.97. The van der Waals surface area contributed by atoms with E-state index < -0.39 is 17.3 Å². The predicted molar refractivity (Wildman–Crippen MR) is 58.4 cm³/mol. The standard InChI is InChI=1S/C11H12F3N3/c1-10(6-16-9(15)17-10)7-4-2-3-5-8(7)11(12,13)14/h2-5H,6H2,1H3,(H3,15,16,17). The van der Waals surface area contributed by atoms with Crippen molar-refractivity contribution in [3.8, 4) is 0 Å². The van der Waals surface area contributed by atoms with E-state index in [1.165, 1.54) is 12.1 Å². The zero-order valence-electron chi connectivity index (χ0n) is 9.17. The van der Waals surface area contributed by atoms with Crippen LogP contribution in [0.15, 0.2) is 29.3 Å². The minimum absolute atomic E-state index is 0.164. The lowest BCUT2D eigenvalue weighted by Crippen LogP contribution is -2.44. The SMILES string of the molecule is CC1(c2ccccc2C(F)(F)F)CN=C(N)N1. The Labute approximate surface area is 96.5 Å². The van der Waals surface area contributed by atoms with Gasteiger partial charge < -0.3 is 11.1 Å². The second-order valence-corrected chi connectivity index (χ2v) is 4.20. The molecule has 1 heterocycles. The number of aliphatic imine (C=N–C) groups is 1. The molecule has 0 amide bonds. The molecule has 3 N–H and O–H groups in total. The van der Waals surface area contributed by atoms with E-state index in [0.717, 1.165) is 6.07 Å². The second kappa shape index (κ2) is 3.65. The highest BCUT2D eigenvalue weighted by molar-refractivity contribution is 5.81. The first-order valence-electron chi connectivity index (χ1n) is 5.08. The van der Waals surface area contributed by atoms with Crippen LogP contribution in [-0.2, 0) is 11.7 Å². The molecule has 1 aromatic carbocycles. The lowest BCUT2D eigenvalue weighted by Gasteiger charge is -2.28. The number of hydrogen-bond donors (Lipinski definition) is 2. The van der Waals surface area contributed by atoms with Gasteiger partial charge in [-0.15, -0.1) is 0 Å². The van der Waals surface area contributed by atoms with E-state index in [9.17, 15) is 13.2 Å². The van der Waals surface area contributed by atoms with E-state index in [4.69, 9.17) is 5.73 Å². The molecule has 0 radical (unpaired) electrons. The van der Waals surface area contributed by atoms with Gasteiger partial charge in [-0.25, -0.2) is 0 Å². The number of hydrogen-bond acceptors (Lipinski definition) is 3. The van der Waals surface area contributed by atoms with Crippen LogP contribution in [-0.4, -0.2) is 12.5 Å². The van der Waals surface area contributed by atoms with Crippen molar-refractivity contribution in [3.05, 3.63) is 35.4 Å². The summed E-state index contributed by atoms with van der Waals surface area (Å²) in [4.78, 5) is 3.90. The summed E-state index contributed by atoms with van der Waals surface area (Å²) in [7, 11) is 0. The van der Waals surface area contributed by atoms with Crippen molar-refractivity contribution < 1.29 is 13.2 Å². The first-order chi connectivity index (χ1) is 7.83. The first kappa shape index (κ1) is 11.8. The van der Waals surface area contributed by atoms with E-state index >= 15 is 0 Å². The van der Waals surface area contributed by atoms with Gasteiger partial charge in [0.1, 0.15) is 0 Å². The van der Waals surface area contributed by atoms with Crippen LogP contribution in [0.25, 0.3) is 0 Å². The second-order valence-electron chi connectivity index (χ2n) is 4.20. The van der Waals surface area contributed by atoms with Crippen LogP contribution < -0.4 is 11.1 Å². The summed E-state index contributed by atoms with van der Waals surface area (Å²) < 4.78 is 38.6. The Morgan fingerprint density at radius 1 is 1.35 bits per heavy atom. The van der Waals surface area contributed by atoms with Crippen molar-refractivity contribution in [2.24, 2.45) is 10.7 Å². The van der Waals surface area contributed by atoms with Crippen molar-refractivity contribution in [1.82, 2.24) is 5.32 Å². The van der Waals surface area contributed by atoms with Crippen LogP contribution in [0.4, 0.5) is 13.2 Å². The molecule has 0 spiro atoms. The average Bonchev–Trinajstić information content (AvgIpc) is 2.59. The van der Waals surface area contributed by atoms with E-state index in [1.54, 1.807) is 13.0 Å². The average molecular weight is 243 g/mol. The summed E-state index contributed by atoms with van der Waals surface area (Å²) in [5, 5.41) is 2.79. The van der Waals surface area contributed by atoms with E-state index in [2.05, 4.69) is 10.3 Å². The van der Waals surface area contributed by atoms with Crippen LogP contribution >= 0.6 is 0 Å². The number of benzene rings is 1. The van der Waals surface area contributed by atoms with Crippen LogP contribution in [0.3, 0.4) is 0 Å².